The van der Waals surface area contributed by atoms with Crippen molar-refractivity contribution in [2.75, 3.05) is 19.6 Å². The molecule has 0 radical (unpaired) electrons. The van der Waals surface area contributed by atoms with Crippen molar-refractivity contribution in [2.24, 2.45) is 5.73 Å². The second-order valence-electron chi connectivity index (χ2n) is 4.00. The van der Waals surface area contributed by atoms with Crippen LogP contribution in [0.1, 0.15) is 5.56 Å². The Bertz CT molecular complexity index is 353. The average Bonchev–Trinajstić information content (AvgIpc) is 2.74. The lowest BCUT2D eigenvalue weighted by Gasteiger charge is -2.25. The van der Waals surface area contributed by atoms with E-state index in [2.05, 4.69) is 17.4 Å². The van der Waals surface area contributed by atoms with Crippen LogP contribution in [-0.2, 0) is 6.42 Å². The molecule has 0 aromatic heterocycles. The predicted octanol–water partition coefficient (Wildman–Crippen LogP) is 0.582. The molecule has 1 aliphatic rings. The van der Waals surface area contributed by atoms with Gasteiger partial charge in [-0.05, 0) is 12.0 Å². The lowest BCUT2D eigenvalue weighted by molar-refractivity contribution is 0.199. The zero-order valence-corrected chi connectivity index (χ0v) is 9.23. The van der Waals surface area contributed by atoms with Crippen molar-refractivity contribution in [1.29, 1.82) is 0 Å². The highest BCUT2D eigenvalue weighted by Gasteiger charge is 2.26. The zero-order chi connectivity index (χ0) is 11.4. The smallest absolute Gasteiger partial charge is 0.317 e. The van der Waals surface area contributed by atoms with Gasteiger partial charge in [0.05, 0.1) is 0 Å². The molecule has 2 rings (SSSR count). The molecule has 1 fully saturated rings. The summed E-state index contributed by atoms with van der Waals surface area (Å²) in [7, 11) is 0. The second kappa shape index (κ2) is 4.99. The molecule has 1 heterocycles. The van der Waals surface area contributed by atoms with E-state index in [1.807, 2.05) is 23.1 Å². The molecule has 0 bridgehead atoms. The summed E-state index contributed by atoms with van der Waals surface area (Å²) in [5, 5.41) is 2.80. The highest BCUT2D eigenvalue weighted by atomic mass is 16.2. The van der Waals surface area contributed by atoms with Crippen molar-refractivity contribution in [1.82, 2.24) is 10.2 Å². The van der Waals surface area contributed by atoms with E-state index in [4.69, 9.17) is 5.73 Å². The standard InChI is InChI=1S/C12H17N3O/c13-9-11(15-7-6-14-12(15)16)8-10-4-2-1-3-5-10/h1-5,11H,6-9,13H2,(H,14,16). The Balaban J connectivity index is 2.03. The molecular weight excluding hydrogens is 202 g/mol. The van der Waals surface area contributed by atoms with Gasteiger partial charge in [0.25, 0.3) is 0 Å². The van der Waals surface area contributed by atoms with Crippen molar-refractivity contribution in [3.05, 3.63) is 35.9 Å². The molecule has 1 aromatic rings. The molecule has 16 heavy (non-hydrogen) atoms. The van der Waals surface area contributed by atoms with Crippen molar-refractivity contribution in [2.45, 2.75) is 12.5 Å². The maximum absolute atomic E-state index is 11.5. The molecule has 4 nitrogen and oxygen atoms in total. The van der Waals surface area contributed by atoms with Crippen LogP contribution >= 0.6 is 0 Å². The Morgan fingerprint density at radius 1 is 1.38 bits per heavy atom. The Labute approximate surface area is 95.4 Å². The third-order valence-electron chi connectivity index (χ3n) is 2.92. The lowest BCUT2D eigenvalue weighted by Crippen LogP contribution is -2.43. The zero-order valence-electron chi connectivity index (χ0n) is 9.23. The molecule has 1 unspecified atom stereocenters. The van der Waals surface area contributed by atoms with Crippen molar-refractivity contribution >= 4 is 6.03 Å². The van der Waals surface area contributed by atoms with Crippen LogP contribution in [0.5, 0.6) is 0 Å². The van der Waals surface area contributed by atoms with Gasteiger partial charge in [0, 0.05) is 25.7 Å². The third-order valence-corrected chi connectivity index (χ3v) is 2.92. The SMILES string of the molecule is NCC(Cc1ccccc1)N1CCNC1=O. The van der Waals surface area contributed by atoms with Crippen LogP contribution in [0, 0.1) is 0 Å². The molecule has 0 aliphatic carbocycles. The average molecular weight is 219 g/mol. The van der Waals surface area contributed by atoms with Gasteiger partial charge in [-0.25, -0.2) is 4.79 Å². The highest BCUT2D eigenvalue weighted by Crippen LogP contribution is 2.10. The van der Waals surface area contributed by atoms with Crippen LogP contribution in [0.2, 0.25) is 0 Å². The number of carbonyl (C=O) groups excluding carboxylic acids is 1. The first-order valence-corrected chi connectivity index (χ1v) is 5.59. The van der Waals surface area contributed by atoms with Crippen molar-refractivity contribution < 1.29 is 4.79 Å². The van der Waals surface area contributed by atoms with Gasteiger partial charge in [0.2, 0.25) is 0 Å². The molecule has 0 spiro atoms. The fourth-order valence-electron chi connectivity index (χ4n) is 2.04. The Morgan fingerprint density at radius 3 is 2.69 bits per heavy atom. The van der Waals surface area contributed by atoms with Gasteiger partial charge in [0.1, 0.15) is 0 Å². The van der Waals surface area contributed by atoms with Gasteiger partial charge in [-0.3, -0.25) is 0 Å². The normalized spacial score (nSPS) is 17.3. The van der Waals surface area contributed by atoms with E-state index in [-0.39, 0.29) is 12.1 Å². The number of carbonyl (C=O) groups is 1. The van der Waals surface area contributed by atoms with Crippen LogP contribution in [-0.4, -0.2) is 36.6 Å². The predicted molar refractivity (Wildman–Crippen MR) is 63.1 cm³/mol. The number of amides is 2. The highest BCUT2D eigenvalue weighted by molar-refractivity contribution is 5.76. The molecule has 2 amide bonds. The maximum Gasteiger partial charge on any atom is 0.317 e. The van der Waals surface area contributed by atoms with E-state index in [0.717, 1.165) is 19.5 Å². The summed E-state index contributed by atoms with van der Waals surface area (Å²) in [6, 6.07) is 10.2. The minimum absolute atomic E-state index is 0.00591. The quantitative estimate of drug-likeness (QED) is 0.778. The van der Waals surface area contributed by atoms with Gasteiger partial charge in [-0.1, -0.05) is 30.3 Å². The number of nitrogens with two attached hydrogens (primary N) is 1. The summed E-state index contributed by atoms with van der Waals surface area (Å²) in [5.74, 6) is 0. The molecule has 1 atom stereocenters. The molecule has 86 valence electrons. The Kier molecular flexibility index (Phi) is 3.41. The van der Waals surface area contributed by atoms with E-state index in [1.165, 1.54) is 5.56 Å². The van der Waals surface area contributed by atoms with E-state index >= 15 is 0 Å². The van der Waals surface area contributed by atoms with E-state index in [9.17, 15) is 4.79 Å². The Hall–Kier alpha value is -1.55. The van der Waals surface area contributed by atoms with Crippen molar-refractivity contribution in [3.8, 4) is 0 Å². The topological polar surface area (TPSA) is 58.4 Å². The Morgan fingerprint density at radius 2 is 2.12 bits per heavy atom. The molecule has 1 aromatic carbocycles. The van der Waals surface area contributed by atoms with Crippen molar-refractivity contribution in [3.63, 3.8) is 0 Å². The van der Waals surface area contributed by atoms with Gasteiger partial charge in [-0.15, -0.1) is 0 Å². The summed E-state index contributed by atoms with van der Waals surface area (Å²) in [6.07, 6.45) is 0.824. The number of rotatable bonds is 4. The number of hydrogen-bond donors (Lipinski definition) is 2. The first kappa shape index (κ1) is 11.0. The second-order valence-corrected chi connectivity index (χ2v) is 4.00. The fraction of sp³-hybridized carbons (Fsp3) is 0.417. The van der Waals surface area contributed by atoms with Gasteiger partial charge in [0.15, 0.2) is 0 Å². The molecule has 1 aliphatic heterocycles. The summed E-state index contributed by atoms with van der Waals surface area (Å²) < 4.78 is 0. The lowest BCUT2D eigenvalue weighted by atomic mass is 10.1. The van der Waals surface area contributed by atoms with Gasteiger partial charge < -0.3 is 16.0 Å². The molecular formula is C12H17N3O. The van der Waals surface area contributed by atoms with Crippen LogP contribution in [0.4, 0.5) is 4.79 Å². The summed E-state index contributed by atoms with van der Waals surface area (Å²) in [6.45, 7) is 1.99. The van der Waals surface area contributed by atoms with Crippen LogP contribution < -0.4 is 11.1 Å². The maximum atomic E-state index is 11.5. The summed E-state index contributed by atoms with van der Waals surface area (Å²) >= 11 is 0. The van der Waals surface area contributed by atoms with Crippen LogP contribution in [0.25, 0.3) is 0 Å². The molecule has 1 saturated heterocycles. The van der Waals surface area contributed by atoms with Gasteiger partial charge in [-0.2, -0.15) is 0 Å². The minimum atomic E-state index is 0.00591. The first-order chi connectivity index (χ1) is 7.81. The van der Waals surface area contributed by atoms with E-state index in [1.54, 1.807) is 0 Å². The largest absolute Gasteiger partial charge is 0.336 e. The van der Waals surface area contributed by atoms with Crippen LogP contribution in [0.15, 0.2) is 30.3 Å². The number of nitrogens with zero attached hydrogens (tertiary/aromatic N) is 1. The number of benzene rings is 1. The molecule has 4 heteroatoms. The van der Waals surface area contributed by atoms with E-state index in [0.29, 0.717) is 6.54 Å². The summed E-state index contributed by atoms with van der Waals surface area (Å²) in [4.78, 5) is 13.4. The molecule has 0 saturated carbocycles. The molecule has 3 N–H and O–H groups in total. The van der Waals surface area contributed by atoms with Gasteiger partial charge >= 0.3 is 6.03 Å². The number of nitrogens with one attached hydrogen (secondary N) is 1. The monoisotopic (exact) mass is 219 g/mol. The number of hydrogen-bond acceptors (Lipinski definition) is 2. The fourth-order valence-corrected chi connectivity index (χ4v) is 2.04. The first-order valence-electron chi connectivity index (χ1n) is 5.59. The minimum Gasteiger partial charge on any atom is -0.336 e. The third kappa shape index (κ3) is 2.33. The van der Waals surface area contributed by atoms with Crippen LogP contribution in [0.3, 0.4) is 0 Å². The van der Waals surface area contributed by atoms with E-state index < -0.39 is 0 Å². The number of urea groups is 1. The summed E-state index contributed by atoms with van der Waals surface area (Å²) in [5.41, 5.74) is 6.96.